The Labute approximate surface area is 137 Å². The van der Waals surface area contributed by atoms with E-state index in [0.29, 0.717) is 22.4 Å². The smallest absolute Gasteiger partial charge is 0.252 e. The number of hydrogen-bond donors (Lipinski definition) is 2. The summed E-state index contributed by atoms with van der Waals surface area (Å²) in [6, 6.07) is 0. The van der Waals surface area contributed by atoms with E-state index < -0.39 is 5.91 Å². The number of aliphatic hydroxyl groups is 1. The lowest BCUT2D eigenvalue weighted by Gasteiger charge is -2.26. The second kappa shape index (κ2) is 7.01. The molecular formula is C18H25N3O2. The van der Waals surface area contributed by atoms with Crippen LogP contribution in [0.5, 0.6) is 0 Å². The SMILES string of the molecule is Cc1c(C#CCO)cnc(N2CCCC(C)(C)CC2)c1C(N)=O. The molecule has 1 aliphatic heterocycles. The molecule has 5 heteroatoms. The number of hydrogen-bond acceptors (Lipinski definition) is 4. The van der Waals surface area contributed by atoms with Gasteiger partial charge in [0.15, 0.2) is 0 Å². The Hall–Kier alpha value is -2.06. The van der Waals surface area contributed by atoms with Gasteiger partial charge in [0, 0.05) is 24.8 Å². The number of nitrogens with two attached hydrogens (primary N) is 1. The first-order valence-corrected chi connectivity index (χ1v) is 8.00. The van der Waals surface area contributed by atoms with Crippen LogP contribution in [0.15, 0.2) is 6.20 Å². The summed E-state index contributed by atoms with van der Waals surface area (Å²) in [5.74, 6) is 5.59. The molecule has 0 bridgehead atoms. The number of nitrogens with zero attached hydrogens (tertiary/aromatic N) is 2. The number of primary amides is 1. The number of carbonyl (C=O) groups excluding carboxylic acids is 1. The summed E-state index contributed by atoms with van der Waals surface area (Å²) in [6.07, 6.45) is 4.94. The molecular weight excluding hydrogens is 290 g/mol. The molecule has 1 aromatic heterocycles. The summed E-state index contributed by atoms with van der Waals surface area (Å²) < 4.78 is 0. The maximum atomic E-state index is 12.0. The highest BCUT2D eigenvalue weighted by Gasteiger charge is 2.26. The van der Waals surface area contributed by atoms with Crippen LogP contribution in [0.25, 0.3) is 0 Å². The van der Waals surface area contributed by atoms with Crippen LogP contribution in [-0.2, 0) is 0 Å². The van der Waals surface area contributed by atoms with Crippen molar-refractivity contribution in [2.75, 3.05) is 24.6 Å². The maximum Gasteiger partial charge on any atom is 0.252 e. The Morgan fingerprint density at radius 2 is 2.17 bits per heavy atom. The molecule has 2 rings (SSSR count). The van der Waals surface area contributed by atoms with Gasteiger partial charge in [0.25, 0.3) is 5.91 Å². The van der Waals surface area contributed by atoms with Crippen LogP contribution in [0.3, 0.4) is 0 Å². The van der Waals surface area contributed by atoms with Gasteiger partial charge in [-0.15, -0.1) is 0 Å². The summed E-state index contributed by atoms with van der Waals surface area (Å²) in [5.41, 5.74) is 7.72. The van der Waals surface area contributed by atoms with Gasteiger partial charge in [0.05, 0.1) is 5.56 Å². The van der Waals surface area contributed by atoms with Crippen molar-refractivity contribution in [1.29, 1.82) is 0 Å². The topological polar surface area (TPSA) is 79.5 Å². The van der Waals surface area contributed by atoms with Crippen LogP contribution in [0.4, 0.5) is 5.82 Å². The third kappa shape index (κ3) is 4.02. The lowest BCUT2D eigenvalue weighted by atomic mass is 9.85. The van der Waals surface area contributed by atoms with Gasteiger partial charge in [0.2, 0.25) is 0 Å². The van der Waals surface area contributed by atoms with Crippen molar-refractivity contribution in [2.45, 2.75) is 40.0 Å². The maximum absolute atomic E-state index is 12.0. The molecule has 0 aromatic carbocycles. The summed E-state index contributed by atoms with van der Waals surface area (Å²) in [5, 5.41) is 8.84. The molecule has 1 saturated heterocycles. The average molecular weight is 315 g/mol. The van der Waals surface area contributed by atoms with Gasteiger partial charge in [-0.3, -0.25) is 4.79 Å². The Balaban J connectivity index is 2.42. The van der Waals surface area contributed by atoms with E-state index in [0.717, 1.165) is 37.9 Å². The molecule has 124 valence electrons. The van der Waals surface area contributed by atoms with Crippen molar-refractivity contribution in [3.63, 3.8) is 0 Å². The average Bonchev–Trinajstić information content (AvgIpc) is 2.66. The van der Waals surface area contributed by atoms with E-state index in [2.05, 4.69) is 35.6 Å². The molecule has 1 aliphatic rings. The Morgan fingerprint density at radius 1 is 1.43 bits per heavy atom. The van der Waals surface area contributed by atoms with Gasteiger partial charge in [-0.05, 0) is 37.2 Å². The van der Waals surface area contributed by atoms with Crippen LogP contribution in [0.1, 0.15) is 54.6 Å². The Morgan fingerprint density at radius 3 is 2.83 bits per heavy atom. The molecule has 0 unspecified atom stereocenters. The standard InChI is InChI=1S/C18H25N3O2/c1-13-14(6-4-11-22)12-20-17(15(13)16(19)23)21-9-5-7-18(2,3)8-10-21/h12,22H,5,7-11H2,1-3H3,(H2,19,23). The zero-order valence-corrected chi connectivity index (χ0v) is 14.1. The van der Waals surface area contributed by atoms with Crippen molar-refractivity contribution in [2.24, 2.45) is 11.1 Å². The zero-order valence-electron chi connectivity index (χ0n) is 14.1. The molecule has 5 nitrogen and oxygen atoms in total. The van der Waals surface area contributed by atoms with E-state index in [1.54, 1.807) is 6.20 Å². The number of rotatable bonds is 2. The van der Waals surface area contributed by atoms with Gasteiger partial charge in [0.1, 0.15) is 12.4 Å². The second-order valence-corrected chi connectivity index (χ2v) is 6.82. The third-order valence-electron chi connectivity index (χ3n) is 4.51. The monoisotopic (exact) mass is 315 g/mol. The normalized spacial score (nSPS) is 17.1. The number of pyridine rings is 1. The molecule has 0 aliphatic carbocycles. The lowest BCUT2D eigenvalue weighted by Crippen LogP contribution is -2.30. The number of amides is 1. The van der Waals surface area contributed by atoms with Crippen LogP contribution in [0, 0.1) is 24.2 Å². The van der Waals surface area contributed by atoms with Crippen LogP contribution in [0.2, 0.25) is 0 Å². The quantitative estimate of drug-likeness (QED) is 0.816. The first-order chi connectivity index (χ1) is 10.9. The van der Waals surface area contributed by atoms with Crippen molar-refractivity contribution in [1.82, 2.24) is 4.98 Å². The highest BCUT2D eigenvalue weighted by molar-refractivity contribution is 5.99. The number of carbonyl (C=O) groups is 1. The molecule has 23 heavy (non-hydrogen) atoms. The molecule has 0 atom stereocenters. The van der Waals surface area contributed by atoms with Crippen LogP contribution in [-0.4, -0.2) is 35.7 Å². The molecule has 2 heterocycles. The predicted molar refractivity (Wildman–Crippen MR) is 91.3 cm³/mol. The molecule has 0 spiro atoms. The largest absolute Gasteiger partial charge is 0.384 e. The fourth-order valence-electron chi connectivity index (χ4n) is 3.02. The van der Waals surface area contributed by atoms with Crippen molar-refractivity contribution < 1.29 is 9.90 Å². The van der Waals surface area contributed by atoms with Gasteiger partial charge >= 0.3 is 0 Å². The fourth-order valence-corrected chi connectivity index (χ4v) is 3.02. The van der Waals surface area contributed by atoms with E-state index in [4.69, 9.17) is 10.8 Å². The summed E-state index contributed by atoms with van der Waals surface area (Å²) >= 11 is 0. The van der Waals surface area contributed by atoms with Gasteiger partial charge in [-0.2, -0.15) is 0 Å². The molecule has 0 radical (unpaired) electrons. The molecule has 0 saturated carbocycles. The van der Waals surface area contributed by atoms with Crippen molar-refractivity contribution in [3.05, 3.63) is 22.9 Å². The summed E-state index contributed by atoms with van der Waals surface area (Å²) in [4.78, 5) is 18.6. The first kappa shape index (κ1) is 17.3. The van der Waals surface area contributed by atoms with Crippen LogP contribution < -0.4 is 10.6 Å². The molecule has 1 aromatic rings. The Bertz CT molecular complexity index is 656. The van der Waals surface area contributed by atoms with Gasteiger partial charge < -0.3 is 15.7 Å². The van der Waals surface area contributed by atoms with E-state index in [9.17, 15) is 4.79 Å². The van der Waals surface area contributed by atoms with Crippen molar-refractivity contribution >= 4 is 11.7 Å². The molecule has 3 N–H and O–H groups in total. The minimum Gasteiger partial charge on any atom is -0.384 e. The minimum absolute atomic E-state index is 0.228. The summed E-state index contributed by atoms with van der Waals surface area (Å²) in [6.45, 7) is 7.89. The number of aromatic nitrogens is 1. The van der Waals surface area contributed by atoms with Gasteiger partial charge in [-0.25, -0.2) is 4.98 Å². The minimum atomic E-state index is -0.485. The van der Waals surface area contributed by atoms with E-state index in [1.807, 2.05) is 6.92 Å². The lowest BCUT2D eigenvalue weighted by molar-refractivity contribution is 0.1000. The summed E-state index contributed by atoms with van der Waals surface area (Å²) in [7, 11) is 0. The zero-order chi connectivity index (χ0) is 17.0. The second-order valence-electron chi connectivity index (χ2n) is 6.82. The van der Waals surface area contributed by atoms with E-state index >= 15 is 0 Å². The number of anilines is 1. The highest BCUT2D eigenvalue weighted by atomic mass is 16.2. The molecule has 1 fully saturated rings. The number of aliphatic hydroxyl groups excluding tert-OH is 1. The van der Waals surface area contributed by atoms with Crippen LogP contribution >= 0.6 is 0 Å². The Kier molecular flexibility index (Phi) is 5.27. The van der Waals surface area contributed by atoms with Gasteiger partial charge in [-0.1, -0.05) is 25.7 Å². The van der Waals surface area contributed by atoms with E-state index in [-0.39, 0.29) is 6.61 Å². The first-order valence-electron chi connectivity index (χ1n) is 8.00. The fraction of sp³-hybridized carbons (Fsp3) is 0.556. The van der Waals surface area contributed by atoms with E-state index in [1.165, 1.54) is 0 Å². The third-order valence-corrected chi connectivity index (χ3v) is 4.51. The predicted octanol–water partition coefficient (Wildman–Crippen LogP) is 1.85. The van der Waals surface area contributed by atoms with Crippen molar-refractivity contribution in [3.8, 4) is 11.8 Å². The highest BCUT2D eigenvalue weighted by Crippen LogP contribution is 2.32. The molecule has 1 amide bonds.